The summed E-state index contributed by atoms with van der Waals surface area (Å²) in [5.74, 6) is 3.49. The first kappa shape index (κ1) is 23.6. The zero-order valence-electron chi connectivity index (χ0n) is 23.4. The molecular weight excluding hydrogens is 494 g/mol. The minimum atomic E-state index is 0.198. The SMILES string of the molecule is c1ccc(-c2ccc(-c3ccccc3Nc3ccc4c(c3)C3(c5ccccc5-4)C4CC5CC(C4)CC3C5)cc2)cc1. The molecule has 1 nitrogen and oxygen atoms in total. The van der Waals surface area contributed by atoms with Crippen LogP contribution in [0.4, 0.5) is 11.4 Å². The van der Waals surface area contributed by atoms with Crippen molar-refractivity contribution in [2.45, 2.75) is 37.5 Å². The van der Waals surface area contributed by atoms with E-state index < -0.39 is 0 Å². The highest BCUT2D eigenvalue weighted by Crippen LogP contribution is 2.69. The average Bonchev–Trinajstić information content (AvgIpc) is 3.31. The molecule has 5 aliphatic carbocycles. The van der Waals surface area contributed by atoms with Crippen LogP contribution in [0.25, 0.3) is 33.4 Å². The van der Waals surface area contributed by atoms with Gasteiger partial charge < -0.3 is 5.32 Å². The van der Waals surface area contributed by atoms with Gasteiger partial charge in [-0.15, -0.1) is 0 Å². The van der Waals surface area contributed by atoms with Crippen LogP contribution in [0, 0.1) is 23.7 Å². The lowest BCUT2D eigenvalue weighted by Crippen LogP contribution is -2.55. The van der Waals surface area contributed by atoms with E-state index >= 15 is 0 Å². The lowest BCUT2D eigenvalue weighted by molar-refractivity contribution is -0.0399. The van der Waals surface area contributed by atoms with Gasteiger partial charge in [0.2, 0.25) is 0 Å². The number of hydrogen-bond donors (Lipinski definition) is 1. The molecule has 0 saturated heterocycles. The fourth-order valence-corrected chi connectivity index (χ4v) is 9.70. The number of benzene rings is 5. The van der Waals surface area contributed by atoms with Gasteiger partial charge in [0.15, 0.2) is 0 Å². The maximum Gasteiger partial charge on any atom is 0.0463 e. The molecule has 4 saturated carbocycles. The minimum Gasteiger partial charge on any atom is -0.355 e. The van der Waals surface area contributed by atoms with E-state index in [0.29, 0.717) is 0 Å². The van der Waals surface area contributed by atoms with Gasteiger partial charge in [0, 0.05) is 22.4 Å². The van der Waals surface area contributed by atoms with Gasteiger partial charge in [0.05, 0.1) is 0 Å². The van der Waals surface area contributed by atoms with Crippen molar-refractivity contribution in [3.8, 4) is 33.4 Å². The summed E-state index contributed by atoms with van der Waals surface area (Å²) in [6.07, 6.45) is 7.16. The van der Waals surface area contributed by atoms with Gasteiger partial charge in [-0.05, 0) is 113 Å². The van der Waals surface area contributed by atoms with Crippen LogP contribution in [0.3, 0.4) is 0 Å². The van der Waals surface area contributed by atoms with E-state index in [1.165, 1.54) is 71.2 Å². The van der Waals surface area contributed by atoms with Crippen molar-refractivity contribution in [2.24, 2.45) is 23.7 Å². The molecule has 0 heterocycles. The summed E-state index contributed by atoms with van der Waals surface area (Å²) in [4.78, 5) is 0. The molecule has 5 aromatic rings. The molecule has 1 heteroatoms. The van der Waals surface area contributed by atoms with Crippen LogP contribution in [0.1, 0.15) is 43.2 Å². The van der Waals surface area contributed by atoms with Gasteiger partial charge in [-0.25, -0.2) is 0 Å². The monoisotopic (exact) mass is 529 g/mol. The van der Waals surface area contributed by atoms with Crippen molar-refractivity contribution in [3.63, 3.8) is 0 Å². The summed E-state index contributed by atoms with van der Waals surface area (Å²) in [5, 5.41) is 3.88. The quantitative estimate of drug-likeness (QED) is 0.244. The van der Waals surface area contributed by atoms with E-state index in [1.807, 2.05) is 0 Å². The second-order valence-electron chi connectivity index (χ2n) is 13.1. The Bertz CT molecular complexity index is 1740. The van der Waals surface area contributed by atoms with Crippen LogP contribution in [0.15, 0.2) is 121 Å². The maximum absolute atomic E-state index is 3.88. The Kier molecular flexibility index (Phi) is 5.15. The third-order valence-electron chi connectivity index (χ3n) is 11.1. The molecule has 4 fully saturated rings. The summed E-state index contributed by atoms with van der Waals surface area (Å²) in [6.45, 7) is 0. The summed E-state index contributed by atoms with van der Waals surface area (Å²) >= 11 is 0. The molecule has 200 valence electrons. The molecule has 41 heavy (non-hydrogen) atoms. The molecule has 1 spiro atoms. The average molecular weight is 530 g/mol. The molecule has 0 amide bonds. The lowest BCUT2D eigenvalue weighted by Gasteiger charge is -2.61. The molecule has 5 aliphatic rings. The fourth-order valence-electron chi connectivity index (χ4n) is 9.70. The van der Waals surface area contributed by atoms with Crippen LogP contribution in [0.5, 0.6) is 0 Å². The van der Waals surface area contributed by atoms with Gasteiger partial charge in [-0.2, -0.15) is 0 Å². The number of para-hydroxylation sites is 1. The Labute approximate surface area is 243 Å². The van der Waals surface area contributed by atoms with Crippen LogP contribution >= 0.6 is 0 Å². The predicted octanol–water partition coefficient (Wildman–Crippen LogP) is 10.5. The highest BCUT2D eigenvalue weighted by molar-refractivity contribution is 5.86. The third-order valence-corrected chi connectivity index (χ3v) is 11.1. The van der Waals surface area contributed by atoms with E-state index in [2.05, 4.69) is 127 Å². The molecule has 0 unspecified atom stereocenters. The molecule has 0 radical (unpaired) electrons. The number of fused-ring (bicyclic) bond motifs is 3. The van der Waals surface area contributed by atoms with E-state index in [-0.39, 0.29) is 5.41 Å². The van der Waals surface area contributed by atoms with Gasteiger partial charge in [0.25, 0.3) is 0 Å². The fraction of sp³-hybridized carbons (Fsp3) is 0.250. The molecular formula is C40H35N. The third kappa shape index (κ3) is 3.48. The highest BCUT2D eigenvalue weighted by Gasteiger charge is 2.61. The van der Waals surface area contributed by atoms with E-state index in [1.54, 1.807) is 11.1 Å². The Morgan fingerprint density at radius 2 is 1.05 bits per heavy atom. The topological polar surface area (TPSA) is 12.0 Å². The van der Waals surface area contributed by atoms with Crippen molar-refractivity contribution in [1.82, 2.24) is 0 Å². The normalized spacial score (nSPS) is 26.6. The maximum atomic E-state index is 3.88. The predicted molar refractivity (Wildman–Crippen MR) is 170 cm³/mol. The van der Waals surface area contributed by atoms with Crippen LogP contribution < -0.4 is 5.32 Å². The Balaban J connectivity index is 1.10. The van der Waals surface area contributed by atoms with E-state index in [4.69, 9.17) is 0 Å². The summed E-state index contributed by atoms with van der Waals surface area (Å²) in [7, 11) is 0. The van der Waals surface area contributed by atoms with Crippen molar-refractivity contribution in [1.29, 1.82) is 0 Å². The van der Waals surface area contributed by atoms with Crippen LogP contribution in [-0.2, 0) is 5.41 Å². The number of hydrogen-bond acceptors (Lipinski definition) is 1. The Hall–Kier alpha value is -4.10. The molecule has 1 N–H and O–H groups in total. The standard InChI is InChI=1S/C40H35N/c1-2-8-28(9-3-1)29-14-16-30(17-15-29)34-10-5-7-13-39(34)41-33-18-19-36-35-11-4-6-12-37(35)40(38(36)25-33)31-21-26-20-27(23-31)24-32(40)22-26/h1-19,25-27,31-32,41H,20-24H2. The van der Waals surface area contributed by atoms with Gasteiger partial charge in [-0.3, -0.25) is 0 Å². The van der Waals surface area contributed by atoms with Crippen molar-refractivity contribution in [2.75, 3.05) is 5.32 Å². The first-order chi connectivity index (χ1) is 20.3. The van der Waals surface area contributed by atoms with Crippen LogP contribution in [0.2, 0.25) is 0 Å². The van der Waals surface area contributed by atoms with Gasteiger partial charge in [0.1, 0.15) is 0 Å². The van der Waals surface area contributed by atoms with Crippen molar-refractivity contribution < 1.29 is 0 Å². The molecule has 0 aliphatic heterocycles. The largest absolute Gasteiger partial charge is 0.355 e. The molecule has 0 aromatic heterocycles. The zero-order valence-corrected chi connectivity index (χ0v) is 23.4. The lowest BCUT2D eigenvalue weighted by atomic mass is 9.43. The van der Waals surface area contributed by atoms with Crippen LogP contribution in [-0.4, -0.2) is 0 Å². The minimum absolute atomic E-state index is 0.198. The zero-order chi connectivity index (χ0) is 27.0. The smallest absolute Gasteiger partial charge is 0.0463 e. The molecule has 10 rings (SSSR count). The highest BCUT2D eigenvalue weighted by atomic mass is 14.9. The molecule has 4 bridgehead atoms. The Morgan fingerprint density at radius 3 is 1.80 bits per heavy atom. The second kappa shape index (κ2) is 8.95. The molecule has 5 aromatic carbocycles. The number of anilines is 2. The second-order valence-corrected chi connectivity index (χ2v) is 13.1. The van der Waals surface area contributed by atoms with Gasteiger partial charge in [-0.1, -0.05) is 103 Å². The van der Waals surface area contributed by atoms with Crippen molar-refractivity contribution >= 4 is 11.4 Å². The van der Waals surface area contributed by atoms with Gasteiger partial charge >= 0.3 is 0 Å². The number of rotatable bonds is 4. The Morgan fingerprint density at radius 1 is 0.463 bits per heavy atom. The number of nitrogens with one attached hydrogen (secondary N) is 1. The van der Waals surface area contributed by atoms with E-state index in [9.17, 15) is 0 Å². The first-order valence-corrected chi connectivity index (χ1v) is 15.5. The first-order valence-electron chi connectivity index (χ1n) is 15.5. The van der Waals surface area contributed by atoms with E-state index in [0.717, 1.165) is 29.4 Å². The summed E-state index contributed by atoms with van der Waals surface area (Å²) in [6, 6.07) is 45.0. The van der Waals surface area contributed by atoms with Crippen molar-refractivity contribution in [3.05, 3.63) is 132 Å². The molecule has 0 atom stereocenters. The summed E-state index contributed by atoms with van der Waals surface area (Å²) < 4.78 is 0. The summed E-state index contributed by atoms with van der Waals surface area (Å²) in [5.41, 5.74) is 13.7.